The van der Waals surface area contributed by atoms with Gasteiger partial charge in [0, 0.05) is 23.1 Å². The molecular formula is C17H18BrNO. The zero-order valence-electron chi connectivity index (χ0n) is 11.3. The number of rotatable bonds is 2. The molecule has 1 aliphatic heterocycles. The van der Waals surface area contributed by atoms with Gasteiger partial charge in [-0.15, -0.1) is 0 Å². The Bertz CT molecular complexity index is 612. The van der Waals surface area contributed by atoms with E-state index in [1.54, 1.807) is 6.07 Å². The fraction of sp³-hybridized carbons (Fsp3) is 0.294. The van der Waals surface area contributed by atoms with E-state index in [1.807, 2.05) is 12.1 Å². The summed E-state index contributed by atoms with van der Waals surface area (Å²) in [7, 11) is 0. The molecule has 0 saturated carbocycles. The average Bonchev–Trinajstić information content (AvgIpc) is 2.64. The van der Waals surface area contributed by atoms with Crippen LogP contribution in [-0.4, -0.2) is 16.6 Å². The van der Waals surface area contributed by atoms with Crippen molar-refractivity contribution in [1.82, 2.24) is 4.90 Å². The second-order valence-electron chi connectivity index (χ2n) is 5.36. The molecule has 20 heavy (non-hydrogen) atoms. The molecule has 0 aliphatic carbocycles. The Balaban J connectivity index is 1.80. The molecule has 0 radical (unpaired) electrons. The molecule has 0 atom stereocenters. The number of benzene rings is 2. The predicted octanol–water partition coefficient (Wildman–Crippen LogP) is 4.10. The molecule has 1 N–H and O–H groups in total. The quantitative estimate of drug-likeness (QED) is 0.895. The second-order valence-corrected chi connectivity index (χ2v) is 6.27. The number of phenolic OH excluding ortho intramolecular Hbond substituents is 1. The number of hydrogen-bond acceptors (Lipinski definition) is 2. The number of halogens is 1. The summed E-state index contributed by atoms with van der Waals surface area (Å²) in [4.78, 5) is 2.41. The lowest BCUT2D eigenvalue weighted by Gasteiger charge is -2.21. The normalized spacial score (nSPS) is 15.7. The van der Waals surface area contributed by atoms with Gasteiger partial charge < -0.3 is 5.11 Å². The van der Waals surface area contributed by atoms with Crippen LogP contribution in [0.4, 0.5) is 0 Å². The van der Waals surface area contributed by atoms with Crippen LogP contribution in [0.5, 0.6) is 5.75 Å². The highest BCUT2D eigenvalue weighted by molar-refractivity contribution is 9.10. The van der Waals surface area contributed by atoms with E-state index in [9.17, 15) is 5.11 Å². The summed E-state index contributed by atoms with van der Waals surface area (Å²) in [5.74, 6) is 0.380. The Morgan fingerprint density at radius 2 is 1.90 bits per heavy atom. The molecule has 104 valence electrons. The van der Waals surface area contributed by atoms with Crippen molar-refractivity contribution in [3.05, 3.63) is 63.6 Å². The molecule has 0 unspecified atom stereocenters. The first-order valence-electron chi connectivity index (χ1n) is 6.99. The number of fused-ring (bicyclic) bond motifs is 1. The first kappa shape index (κ1) is 13.7. The van der Waals surface area contributed by atoms with E-state index in [0.29, 0.717) is 5.75 Å². The Kier molecular flexibility index (Phi) is 4.08. The fourth-order valence-corrected chi connectivity index (χ4v) is 3.23. The van der Waals surface area contributed by atoms with Crippen molar-refractivity contribution in [2.24, 2.45) is 0 Å². The molecule has 2 nitrogen and oxygen atoms in total. The lowest BCUT2D eigenvalue weighted by atomic mass is 10.0. The topological polar surface area (TPSA) is 23.5 Å². The van der Waals surface area contributed by atoms with Gasteiger partial charge in [0.1, 0.15) is 5.75 Å². The summed E-state index contributed by atoms with van der Waals surface area (Å²) < 4.78 is 1.01. The van der Waals surface area contributed by atoms with E-state index in [2.05, 4.69) is 45.1 Å². The summed E-state index contributed by atoms with van der Waals surface area (Å²) in [5, 5.41) is 9.98. The molecule has 0 spiro atoms. The third kappa shape index (κ3) is 3.05. The smallest absolute Gasteiger partial charge is 0.120 e. The number of aromatic hydroxyl groups is 1. The highest BCUT2D eigenvalue weighted by atomic mass is 79.9. The van der Waals surface area contributed by atoms with E-state index in [-0.39, 0.29) is 0 Å². The highest BCUT2D eigenvalue weighted by Crippen LogP contribution is 2.25. The van der Waals surface area contributed by atoms with Crippen LogP contribution in [0.1, 0.15) is 23.1 Å². The van der Waals surface area contributed by atoms with E-state index in [1.165, 1.54) is 17.5 Å². The zero-order valence-corrected chi connectivity index (χ0v) is 12.9. The zero-order chi connectivity index (χ0) is 13.9. The third-order valence-electron chi connectivity index (χ3n) is 3.87. The van der Waals surface area contributed by atoms with Gasteiger partial charge in [-0.1, -0.05) is 40.2 Å². The minimum atomic E-state index is 0.380. The first-order chi connectivity index (χ1) is 9.72. The summed E-state index contributed by atoms with van der Waals surface area (Å²) in [6.45, 7) is 2.82. The van der Waals surface area contributed by atoms with Crippen molar-refractivity contribution < 1.29 is 5.11 Å². The van der Waals surface area contributed by atoms with E-state index >= 15 is 0 Å². The molecule has 0 amide bonds. The van der Waals surface area contributed by atoms with Crippen LogP contribution in [0.25, 0.3) is 0 Å². The fourth-order valence-electron chi connectivity index (χ4n) is 2.83. The summed E-state index contributed by atoms with van der Waals surface area (Å²) in [5.41, 5.74) is 3.87. The molecular weight excluding hydrogens is 314 g/mol. The second kappa shape index (κ2) is 5.98. The van der Waals surface area contributed by atoms with Crippen LogP contribution in [0, 0.1) is 0 Å². The van der Waals surface area contributed by atoms with E-state index < -0.39 is 0 Å². The van der Waals surface area contributed by atoms with Crippen molar-refractivity contribution in [1.29, 1.82) is 0 Å². The molecule has 0 aromatic heterocycles. The van der Waals surface area contributed by atoms with E-state index in [0.717, 1.165) is 36.1 Å². The molecule has 3 rings (SSSR count). The SMILES string of the molecule is Oc1ccc(Br)cc1CN1CCCc2ccccc2C1. The number of nitrogens with zero attached hydrogens (tertiary/aromatic N) is 1. The number of aryl methyl sites for hydroxylation is 1. The monoisotopic (exact) mass is 331 g/mol. The van der Waals surface area contributed by atoms with Crippen molar-refractivity contribution in [2.75, 3.05) is 6.54 Å². The number of phenols is 1. The lowest BCUT2D eigenvalue weighted by Crippen LogP contribution is -2.22. The molecule has 2 aromatic carbocycles. The van der Waals surface area contributed by atoms with Gasteiger partial charge in [-0.05, 0) is 48.7 Å². The van der Waals surface area contributed by atoms with Gasteiger partial charge in [0.15, 0.2) is 0 Å². The molecule has 0 fully saturated rings. The minimum Gasteiger partial charge on any atom is -0.508 e. The van der Waals surface area contributed by atoms with Gasteiger partial charge in [-0.25, -0.2) is 0 Å². The van der Waals surface area contributed by atoms with Gasteiger partial charge in [0.25, 0.3) is 0 Å². The van der Waals surface area contributed by atoms with Crippen LogP contribution >= 0.6 is 15.9 Å². The maximum absolute atomic E-state index is 9.98. The standard InChI is InChI=1S/C17H18BrNO/c18-16-7-8-17(20)15(10-16)12-19-9-3-6-13-4-1-2-5-14(13)11-19/h1-2,4-5,7-8,10,20H,3,6,9,11-12H2. The molecule has 3 heteroatoms. The minimum absolute atomic E-state index is 0.380. The molecule has 0 saturated heterocycles. The molecule has 1 heterocycles. The van der Waals surface area contributed by atoms with Crippen molar-refractivity contribution in [3.63, 3.8) is 0 Å². The molecule has 0 bridgehead atoms. The largest absolute Gasteiger partial charge is 0.508 e. The Labute approximate surface area is 128 Å². The first-order valence-corrected chi connectivity index (χ1v) is 7.78. The van der Waals surface area contributed by atoms with Crippen molar-refractivity contribution in [3.8, 4) is 5.75 Å². The Morgan fingerprint density at radius 1 is 1.10 bits per heavy atom. The summed E-state index contributed by atoms with van der Waals surface area (Å²) >= 11 is 3.47. The van der Waals surface area contributed by atoms with Gasteiger partial charge >= 0.3 is 0 Å². The molecule has 2 aromatic rings. The van der Waals surface area contributed by atoms with Gasteiger partial charge in [0.05, 0.1) is 0 Å². The Morgan fingerprint density at radius 3 is 2.75 bits per heavy atom. The van der Waals surface area contributed by atoms with E-state index in [4.69, 9.17) is 0 Å². The van der Waals surface area contributed by atoms with Crippen LogP contribution in [0.15, 0.2) is 46.9 Å². The van der Waals surface area contributed by atoms with Crippen LogP contribution < -0.4 is 0 Å². The predicted molar refractivity (Wildman–Crippen MR) is 84.7 cm³/mol. The van der Waals surface area contributed by atoms with Gasteiger partial charge in [-0.3, -0.25) is 4.90 Å². The molecule has 1 aliphatic rings. The van der Waals surface area contributed by atoms with Crippen LogP contribution in [0.2, 0.25) is 0 Å². The van der Waals surface area contributed by atoms with Crippen LogP contribution in [-0.2, 0) is 19.5 Å². The highest BCUT2D eigenvalue weighted by Gasteiger charge is 2.15. The van der Waals surface area contributed by atoms with Crippen molar-refractivity contribution >= 4 is 15.9 Å². The van der Waals surface area contributed by atoms with Gasteiger partial charge in [0.2, 0.25) is 0 Å². The van der Waals surface area contributed by atoms with Gasteiger partial charge in [-0.2, -0.15) is 0 Å². The maximum atomic E-state index is 9.98. The Hall–Kier alpha value is -1.32. The lowest BCUT2D eigenvalue weighted by molar-refractivity contribution is 0.257. The van der Waals surface area contributed by atoms with Crippen LogP contribution in [0.3, 0.4) is 0 Å². The van der Waals surface area contributed by atoms with Crippen molar-refractivity contribution in [2.45, 2.75) is 25.9 Å². The maximum Gasteiger partial charge on any atom is 0.120 e. The average molecular weight is 332 g/mol. The number of hydrogen-bond donors (Lipinski definition) is 1. The third-order valence-corrected chi connectivity index (χ3v) is 4.36. The summed E-state index contributed by atoms with van der Waals surface area (Å²) in [6.07, 6.45) is 2.32. The summed E-state index contributed by atoms with van der Waals surface area (Å²) in [6, 6.07) is 14.3.